The van der Waals surface area contributed by atoms with Crippen LogP contribution in [0.3, 0.4) is 0 Å². The van der Waals surface area contributed by atoms with Crippen LogP contribution in [-0.4, -0.2) is 139 Å². The van der Waals surface area contributed by atoms with Crippen molar-refractivity contribution in [1.29, 1.82) is 0 Å². The summed E-state index contributed by atoms with van der Waals surface area (Å²) in [5, 5.41) is 56.8. The Bertz CT molecular complexity index is 2600. The molecule has 6 aromatic heterocycles. The van der Waals surface area contributed by atoms with Crippen LogP contribution in [0.1, 0.15) is 12.5 Å². The molecule has 0 aliphatic carbocycles. The van der Waals surface area contributed by atoms with Crippen LogP contribution in [-0.2, 0) is 9.47 Å². The van der Waals surface area contributed by atoms with E-state index in [1.54, 1.807) is 0 Å². The number of anilines is 2. The molecule has 2 saturated heterocycles. The van der Waals surface area contributed by atoms with Gasteiger partial charge in [0, 0.05) is 24.5 Å². The minimum Gasteiger partial charge on any atom is -0.394 e. The molecule has 2 aliphatic heterocycles. The Morgan fingerprint density at radius 2 is 1.29 bits per heavy atom. The summed E-state index contributed by atoms with van der Waals surface area (Å²) in [7, 11) is 0. The van der Waals surface area contributed by atoms with Crippen molar-refractivity contribution in [3.63, 3.8) is 0 Å². The predicted molar refractivity (Wildman–Crippen MR) is 187 cm³/mol. The van der Waals surface area contributed by atoms with Gasteiger partial charge in [0.2, 0.25) is 11.9 Å². The van der Waals surface area contributed by atoms with Crippen LogP contribution < -0.4 is 45.1 Å². The van der Waals surface area contributed by atoms with Gasteiger partial charge >= 0.3 is 11.4 Å². The van der Waals surface area contributed by atoms with E-state index in [1.165, 1.54) is 29.5 Å². The van der Waals surface area contributed by atoms with E-state index in [1.807, 2.05) is 9.97 Å². The fourth-order valence-electron chi connectivity index (χ4n) is 5.22. The zero-order chi connectivity index (χ0) is 40.8. The number of aliphatic hydroxyl groups is 6. The second-order valence-corrected chi connectivity index (χ2v) is 11.6. The molecule has 28 nitrogen and oxygen atoms in total. The smallest absolute Gasteiger partial charge is 0.330 e. The highest BCUT2D eigenvalue weighted by Crippen LogP contribution is 2.31. The van der Waals surface area contributed by atoms with Gasteiger partial charge in [-0.15, -0.1) is 0 Å². The number of hydrogen-bond acceptors (Lipinski definition) is 20. The fourth-order valence-corrected chi connectivity index (χ4v) is 5.22. The number of imidazole rings is 2. The van der Waals surface area contributed by atoms with E-state index in [0.717, 1.165) is 16.8 Å². The van der Waals surface area contributed by atoms with Gasteiger partial charge in [0.25, 0.3) is 22.2 Å². The highest BCUT2D eigenvalue weighted by atomic mass is 16.6. The topological polar surface area (TPSA) is 450 Å². The standard InChI is InChI=1S/C10H13N5O5.C9H12N2O6.C5H5N5O.C4H4N2O2/c11-10-13-7-4(8(19)14-10)12-2-15(7)9-6(18)5(17)3(1-16)20-9;12-3-4-6(14)7(15)8(17-4)11-2-1-5(13)10-9(11)16;6-5-9-3-2(4(11)10-5)7-1-8-3;7-3-1-2-5-4(8)6-3/h2-3,5-6,9,16-18H,1H2,(H3,11,13,14,19);1-2,4,6-8,12,14-15H,3H2,(H,10,13,16);1H,(H4,6,7,8,9,10,11);1-2H,(H2,5,6,7,8)/t3-,5-,6-,9-;4-,6-,7-,8-;;/m11../s1. The minimum atomic E-state index is -1.35. The van der Waals surface area contributed by atoms with Gasteiger partial charge in [0.1, 0.15) is 36.6 Å². The average molecular weight is 791 g/mol. The molecule has 28 heteroatoms. The van der Waals surface area contributed by atoms with Gasteiger partial charge in [-0.1, -0.05) is 0 Å². The summed E-state index contributed by atoms with van der Waals surface area (Å²) >= 11 is 0. The molecule has 0 unspecified atom stereocenters. The molecule has 0 saturated carbocycles. The third-order valence-electron chi connectivity index (χ3n) is 7.88. The number of nitrogens with zero attached hydrogens (tertiary/aromatic N) is 6. The van der Waals surface area contributed by atoms with Crippen molar-refractivity contribution in [2.75, 3.05) is 24.7 Å². The highest BCUT2D eigenvalue weighted by molar-refractivity contribution is 5.70. The predicted octanol–water partition coefficient (Wildman–Crippen LogP) is -7.25. The van der Waals surface area contributed by atoms with Gasteiger partial charge in [-0.25, -0.2) is 19.6 Å². The molecule has 0 radical (unpaired) electrons. The van der Waals surface area contributed by atoms with Crippen LogP contribution in [0.4, 0.5) is 11.9 Å². The van der Waals surface area contributed by atoms with Gasteiger partial charge in [-0.2, -0.15) is 9.97 Å². The number of nitrogen functional groups attached to an aromatic ring is 2. The number of aliphatic hydroxyl groups excluding tert-OH is 6. The van der Waals surface area contributed by atoms with Gasteiger partial charge in [-0.3, -0.25) is 48.2 Å². The summed E-state index contributed by atoms with van der Waals surface area (Å²) < 4.78 is 12.7. The molecule has 8 heterocycles. The highest BCUT2D eigenvalue weighted by Gasteiger charge is 2.45. The molecular formula is C28H34N14O14. The molecule has 0 spiro atoms. The van der Waals surface area contributed by atoms with Gasteiger partial charge in [-0.05, 0) is 0 Å². The molecule has 0 bridgehead atoms. The summed E-state index contributed by atoms with van der Waals surface area (Å²) in [5.74, 6) is -0.0226. The molecule has 56 heavy (non-hydrogen) atoms. The zero-order valence-electron chi connectivity index (χ0n) is 28.3. The molecule has 2 aliphatic rings. The van der Waals surface area contributed by atoms with Crippen LogP contribution in [0.2, 0.25) is 0 Å². The maximum atomic E-state index is 11.7. The summed E-state index contributed by atoms with van der Waals surface area (Å²) in [6.45, 7) is -0.926. The number of rotatable bonds is 4. The van der Waals surface area contributed by atoms with E-state index < -0.39 is 84.8 Å². The van der Waals surface area contributed by atoms with Crippen LogP contribution in [0.5, 0.6) is 0 Å². The maximum Gasteiger partial charge on any atom is 0.330 e. The Morgan fingerprint density at radius 1 is 0.696 bits per heavy atom. The second kappa shape index (κ2) is 17.2. The number of nitrogens with one attached hydrogen (secondary N) is 6. The molecular weight excluding hydrogens is 756 g/mol. The third kappa shape index (κ3) is 8.82. The van der Waals surface area contributed by atoms with E-state index in [2.05, 4.69) is 39.9 Å². The first kappa shape index (κ1) is 40.5. The Labute approximate surface area is 306 Å². The summed E-state index contributed by atoms with van der Waals surface area (Å²) in [4.78, 5) is 94.3. The lowest BCUT2D eigenvalue weighted by Crippen LogP contribution is -2.37. The normalized spacial score (nSPS) is 24.1. The average Bonchev–Trinajstić information content (AvgIpc) is 3.92. The molecule has 0 aromatic carbocycles. The van der Waals surface area contributed by atoms with Crippen molar-refractivity contribution in [1.82, 2.24) is 59.0 Å². The summed E-state index contributed by atoms with van der Waals surface area (Å²) in [6, 6.07) is 2.33. The molecule has 300 valence electrons. The monoisotopic (exact) mass is 790 g/mol. The van der Waals surface area contributed by atoms with Crippen molar-refractivity contribution in [3.8, 4) is 0 Å². The van der Waals surface area contributed by atoms with Crippen molar-refractivity contribution in [3.05, 3.63) is 99.6 Å². The van der Waals surface area contributed by atoms with Crippen molar-refractivity contribution < 1.29 is 40.1 Å². The Hall–Kier alpha value is -6.66. The zero-order valence-corrected chi connectivity index (χ0v) is 28.3. The summed E-state index contributed by atoms with van der Waals surface area (Å²) in [6.07, 6.45) is -4.11. The minimum absolute atomic E-state index is 0.0388. The Balaban J connectivity index is 0.000000151. The number of aromatic amines is 6. The molecule has 0 amide bonds. The number of H-pyrrole nitrogens is 6. The van der Waals surface area contributed by atoms with Crippen LogP contribution in [0, 0.1) is 0 Å². The lowest BCUT2D eigenvalue weighted by atomic mass is 10.1. The number of hydrogen-bond donors (Lipinski definition) is 14. The van der Waals surface area contributed by atoms with Crippen molar-refractivity contribution >= 4 is 34.2 Å². The number of fused-ring (bicyclic) bond motifs is 2. The van der Waals surface area contributed by atoms with Crippen LogP contribution in [0.25, 0.3) is 22.3 Å². The van der Waals surface area contributed by atoms with Crippen LogP contribution in [0.15, 0.2) is 65.9 Å². The molecule has 16 N–H and O–H groups in total. The van der Waals surface area contributed by atoms with E-state index in [4.69, 9.17) is 31.2 Å². The molecule has 8 rings (SSSR count). The van der Waals surface area contributed by atoms with Crippen molar-refractivity contribution in [2.45, 2.75) is 49.1 Å². The van der Waals surface area contributed by atoms with E-state index >= 15 is 0 Å². The molecule has 6 aromatic rings. The first-order valence-electron chi connectivity index (χ1n) is 15.9. The molecule has 8 atom stereocenters. The summed E-state index contributed by atoms with van der Waals surface area (Å²) in [5.41, 5.74) is 8.58. The van der Waals surface area contributed by atoms with Crippen molar-refractivity contribution in [2.24, 2.45) is 0 Å². The second-order valence-electron chi connectivity index (χ2n) is 11.6. The first-order valence-corrected chi connectivity index (χ1v) is 15.9. The van der Waals surface area contributed by atoms with Gasteiger partial charge < -0.3 is 61.5 Å². The SMILES string of the molecule is Nc1nc2c(ncn2[C@@H]2O[C@H](CO)[C@@H](O)[C@H]2O)c(=O)[nH]1.Nc1nc2nc[nH]c2c(=O)[nH]1.O=c1cc[nH]c(=O)[nH]1.O=c1ccn([C@@H]2O[C@H](CO)[C@@H](O)[C@H]2O)c(=O)[nH]1. The number of ether oxygens (including phenoxy) is 2. The lowest BCUT2D eigenvalue weighted by molar-refractivity contribution is -0.0550. The van der Waals surface area contributed by atoms with E-state index in [0.29, 0.717) is 11.2 Å². The Morgan fingerprint density at radius 3 is 1.84 bits per heavy atom. The third-order valence-corrected chi connectivity index (χ3v) is 7.88. The number of aromatic nitrogens is 12. The maximum absolute atomic E-state index is 11.7. The number of nitrogens with two attached hydrogens (primary N) is 2. The largest absolute Gasteiger partial charge is 0.394 e. The first-order chi connectivity index (χ1) is 26.6. The Kier molecular flexibility index (Phi) is 12.5. The van der Waals surface area contributed by atoms with Crippen LogP contribution >= 0.6 is 0 Å². The fraction of sp³-hybridized carbons (Fsp3) is 0.357. The molecule has 2 fully saturated rings. The van der Waals surface area contributed by atoms with E-state index in [9.17, 15) is 49.2 Å². The van der Waals surface area contributed by atoms with Gasteiger partial charge in [0.15, 0.2) is 34.8 Å². The lowest BCUT2D eigenvalue weighted by Gasteiger charge is -2.16. The van der Waals surface area contributed by atoms with E-state index in [-0.39, 0.29) is 34.2 Å². The quantitative estimate of drug-likeness (QED) is 0.0788. The van der Waals surface area contributed by atoms with Gasteiger partial charge in [0.05, 0.1) is 25.9 Å².